The van der Waals surface area contributed by atoms with Crippen LogP contribution in [0.15, 0.2) is 78.9 Å². The summed E-state index contributed by atoms with van der Waals surface area (Å²) in [5.41, 5.74) is 5.51. The highest BCUT2D eigenvalue weighted by atomic mass is 16.5. The number of aliphatic carboxylic acids is 1. The summed E-state index contributed by atoms with van der Waals surface area (Å²) in [6, 6.07) is 25.6. The van der Waals surface area contributed by atoms with Crippen LogP contribution >= 0.6 is 0 Å². The van der Waals surface area contributed by atoms with Crippen molar-refractivity contribution in [3.05, 3.63) is 95.6 Å². The Kier molecular flexibility index (Phi) is 6.71. The number of nitrogens with zero attached hydrogens (tertiary/aromatic N) is 1. The average Bonchev–Trinajstić information content (AvgIpc) is 3.60. The van der Waals surface area contributed by atoms with Gasteiger partial charge in [0.15, 0.2) is 0 Å². The molecule has 7 nitrogen and oxygen atoms in total. The van der Waals surface area contributed by atoms with E-state index in [9.17, 15) is 19.5 Å². The fraction of sp³-hybridized carbons (Fsp3) is 0.276. The SMILES string of the molecule is O=C(O)CN(Cc1ccccc1)C(=O)[C@H]1C[C@H]1CNC(=O)OCC1c2ccccc2-c2ccccc21. The van der Waals surface area contributed by atoms with E-state index in [1.807, 2.05) is 54.6 Å². The number of hydrogen-bond donors (Lipinski definition) is 2. The fourth-order valence-electron chi connectivity index (χ4n) is 5.05. The zero-order valence-electron chi connectivity index (χ0n) is 19.8. The Labute approximate surface area is 209 Å². The van der Waals surface area contributed by atoms with E-state index in [2.05, 4.69) is 29.6 Å². The Morgan fingerprint density at radius 2 is 1.50 bits per heavy atom. The van der Waals surface area contributed by atoms with Crippen molar-refractivity contribution in [2.75, 3.05) is 19.7 Å². The van der Waals surface area contributed by atoms with Crippen LogP contribution in [0.25, 0.3) is 11.1 Å². The molecule has 1 saturated carbocycles. The number of carbonyl (C=O) groups is 3. The molecule has 0 spiro atoms. The molecule has 0 aliphatic heterocycles. The summed E-state index contributed by atoms with van der Waals surface area (Å²) in [6.07, 6.45) is 0.106. The minimum Gasteiger partial charge on any atom is -0.480 e. The van der Waals surface area contributed by atoms with Crippen molar-refractivity contribution < 1.29 is 24.2 Å². The first-order chi connectivity index (χ1) is 17.5. The van der Waals surface area contributed by atoms with E-state index in [-0.39, 0.29) is 43.4 Å². The number of alkyl carbamates (subject to hydrolysis) is 1. The van der Waals surface area contributed by atoms with E-state index in [1.165, 1.54) is 16.0 Å². The number of rotatable bonds is 9. The molecule has 0 radical (unpaired) electrons. The third-order valence-electron chi connectivity index (χ3n) is 6.95. The molecule has 0 saturated heterocycles. The highest BCUT2D eigenvalue weighted by Crippen LogP contribution is 2.44. The molecule has 0 bridgehead atoms. The summed E-state index contributed by atoms with van der Waals surface area (Å²) in [5.74, 6) is -1.57. The van der Waals surface area contributed by atoms with E-state index in [4.69, 9.17) is 4.74 Å². The maximum atomic E-state index is 13.0. The molecule has 0 aromatic heterocycles. The van der Waals surface area contributed by atoms with E-state index in [0.29, 0.717) is 13.0 Å². The Morgan fingerprint density at radius 1 is 0.889 bits per heavy atom. The van der Waals surface area contributed by atoms with Crippen molar-refractivity contribution in [1.29, 1.82) is 0 Å². The highest BCUT2D eigenvalue weighted by Gasteiger charge is 2.45. The van der Waals surface area contributed by atoms with Gasteiger partial charge < -0.3 is 20.1 Å². The molecule has 2 aliphatic carbocycles. The number of carboxylic acids is 1. The fourth-order valence-corrected chi connectivity index (χ4v) is 5.05. The first-order valence-corrected chi connectivity index (χ1v) is 12.1. The lowest BCUT2D eigenvalue weighted by atomic mass is 9.98. The minimum absolute atomic E-state index is 0.0130. The first-order valence-electron chi connectivity index (χ1n) is 12.1. The molecule has 2 N–H and O–H groups in total. The van der Waals surface area contributed by atoms with Crippen LogP contribution in [0, 0.1) is 11.8 Å². The van der Waals surface area contributed by atoms with Gasteiger partial charge in [-0.05, 0) is 40.2 Å². The summed E-state index contributed by atoms with van der Waals surface area (Å²) in [7, 11) is 0. The van der Waals surface area contributed by atoms with Crippen molar-refractivity contribution in [2.24, 2.45) is 11.8 Å². The van der Waals surface area contributed by atoms with Gasteiger partial charge in [-0.15, -0.1) is 0 Å². The molecular formula is C29H28N2O5. The van der Waals surface area contributed by atoms with Gasteiger partial charge >= 0.3 is 12.1 Å². The summed E-state index contributed by atoms with van der Waals surface area (Å²) >= 11 is 0. The molecule has 1 fully saturated rings. The van der Waals surface area contributed by atoms with Crippen LogP contribution in [-0.4, -0.2) is 47.7 Å². The molecule has 36 heavy (non-hydrogen) atoms. The monoisotopic (exact) mass is 484 g/mol. The van der Waals surface area contributed by atoms with Crippen LogP contribution in [0.3, 0.4) is 0 Å². The Bertz CT molecular complexity index is 1230. The second-order valence-corrected chi connectivity index (χ2v) is 9.38. The molecule has 2 atom stereocenters. The largest absolute Gasteiger partial charge is 0.480 e. The number of nitrogens with one attached hydrogen (secondary N) is 1. The second kappa shape index (κ2) is 10.2. The van der Waals surface area contributed by atoms with Crippen LogP contribution in [0.5, 0.6) is 0 Å². The van der Waals surface area contributed by atoms with Gasteiger partial charge in [0.05, 0.1) is 0 Å². The lowest BCUT2D eigenvalue weighted by molar-refractivity contribution is -0.145. The van der Waals surface area contributed by atoms with Crippen LogP contribution < -0.4 is 5.32 Å². The first kappa shape index (κ1) is 23.6. The Morgan fingerprint density at radius 3 is 2.14 bits per heavy atom. The van der Waals surface area contributed by atoms with E-state index in [1.54, 1.807) is 0 Å². The van der Waals surface area contributed by atoms with Crippen LogP contribution in [-0.2, 0) is 20.9 Å². The third kappa shape index (κ3) is 5.10. The minimum atomic E-state index is -1.05. The normalized spacial score (nSPS) is 17.6. The van der Waals surface area contributed by atoms with Gasteiger partial charge in [-0.1, -0.05) is 78.9 Å². The summed E-state index contributed by atoms with van der Waals surface area (Å²) in [5, 5.41) is 12.0. The van der Waals surface area contributed by atoms with Crippen molar-refractivity contribution in [3.63, 3.8) is 0 Å². The standard InChI is InChI=1S/C29H28N2O5/c32-27(33)17-31(16-19-8-2-1-3-9-19)28(34)25-14-20(25)15-30-29(35)36-18-26-23-12-6-4-10-21(23)22-11-5-7-13-24(22)26/h1-13,20,25-26H,14-18H2,(H,30,35)(H,32,33)/t20-,25-/m0/s1. The van der Waals surface area contributed by atoms with Crippen LogP contribution in [0.2, 0.25) is 0 Å². The highest BCUT2D eigenvalue weighted by molar-refractivity contribution is 5.85. The Hall–Kier alpha value is -4.13. The van der Waals surface area contributed by atoms with Gasteiger partial charge in [-0.25, -0.2) is 4.79 Å². The van der Waals surface area contributed by atoms with Gasteiger partial charge in [-0.2, -0.15) is 0 Å². The van der Waals surface area contributed by atoms with E-state index < -0.39 is 12.1 Å². The molecule has 2 aliphatic rings. The van der Waals surface area contributed by atoms with Gasteiger partial charge in [-0.3, -0.25) is 9.59 Å². The molecule has 0 unspecified atom stereocenters. The molecule has 2 amide bonds. The predicted molar refractivity (Wildman–Crippen MR) is 134 cm³/mol. The molecule has 184 valence electrons. The number of carboxylic acid groups (broad SMARTS) is 1. The lowest BCUT2D eigenvalue weighted by Gasteiger charge is -2.21. The number of fused-ring (bicyclic) bond motifs is 3. The van der Waals surface area contributed by atoms with E-state index in [0.717, 1.165) is 16.7 Å². The van der Waals surface area contributed by atoms with Crippen molar-refractivity contribution in [3.8, 4) is 11.1 Å². The Balaban J connectivity index is 1.12. The molecule has 0 heterocycles. The number of ether oxygens (including phenoxy) is 1. The summed E-state index contributed by atoms with van der Waals surface area (Å²) in [6.45, 7) is 0.446. The number of benzene rings is 3. The topological polar surface area (TPSA) is 95.9 Å². The second-order valence-electron chi connectivity index (χ2n) is 9.38. The molecule has 5 rings (SSSR count). The van der Waals surface area contributed by atoms with Gasteiger partial charge in [0.1, 0.15) is 13.2 Å². The summed E-state index contributed by atoms with van der Waals surface area (Å²) in [4.78, 5) is 38.1. The molecule has 7 heteroatoms. The van der Waals surface area contributed by atoms with Crippen molar-refractivity contribution in [1.82, 2.24) is 10.2 Å². The van der Waals surface area contributed by atoms with Crippen molar-refractivity contribution in [2.45, 2.75) is 18.9 Å². The molecule has 3 aromatic carbocycles. The lowest BCUT2D eigenvalue weighted by Crippen LogP contribution is -2.37. The van der Waals surface area contributed by atoms with E-state index >= 15 is 0 Å². The molecule has 3 aromatic rings. The van der Waals surface area contributed by atoms with Crippen LogP contribution in [0.4, 0.5) is 4.79 Å². The molecular weight excluding hydrogens is 456 g/mol. The van der Waals surface area contributed by atoms with Gasteiger partial charge in [0, 0.05) is 24.9 Å². The maximum Gasteiger partial charge on any atom is 0.407 e. The van der Waals surface area contributed by atoms with Crippen LogP contribution in [0.1, 0.15) is 29.0 Å². The van der Waals surface area contributed by atoms with Gasteiger partial charge in [0.25, 0.3) is 0 Å². The summed E-state index contributed by atoms with van der Waals surface area (Å²) < 4.78 is 5.57. The predicted octanol–water partition coefficient (Wildman–Crippen LogP) is 4.27. The maximum absolute atomic E-state index is 13.0. The number of hydrogen-bond acceptors (Lipinski definition) is 4. The average molecular weight is 485 g/mol. The number of carbonyl (C=O) groups excluding carboxylic acids is 2. The quantitative estimate of drug-likeness (QED) is 0.473. The smallest absolute Gasteiger partial charge is 0.407 e. The number of amides is 2. The third-order valence-corrected chi connectivity index (χ3v) is 6.95. The van der Waals surface area contributed by atoms with Gasteiger partial charge in [0.2, 0.25) is 5.91 Å². The van der Waals surface area contributed by atoms with Crippen molar-refractivity contribution >= 4 is 18.0 Å². The zero-order valence-corrected chi connectivity index (χ0v) is 19.8. The zero-order chi connectivity index (χ0) is 25.1.